The monoisotopic (exact) mass is 297 g/mol. The van der Waals surface area contributed by atoms with Crippen molar-refractivity contribution in [2.75, 3.05) is 18.0 Å². The molecule has 0 spiro atoms. The van der Waals surface area contributed by atoms with Crippen LogP contribution >= 0.6 is 15.9 Å². The minimum Gasteiger partial charge on any atom is -0.371 e. The van der Waals surface area contributed by atoms with Gasteiger partial charge in [0.25, 0.3) is 0 Å². The second-order valence-electron chi connectivity index (χ2n) is 4.92. The van der Waals surface area contributed by atoms with Crippen LogP contribution in [0.15, 0.2) is 17.0 Å². The summed E-state index contributed by atoms with van der Waals surface area (Å²) in [5.41, 5.74) is 0. The van der Waals surface area contributed by atoms with Crippen molar-refractivity contribution in [3.8, 4) is 0 Å². The number of anilines is 1. The Morgan fingerprint density at radius 2 is 2.12 bits per heavy atom. The SMILES string of the molecule is C[C@@H]1CN(c2cnc(Br)cn2)C[C@@H](C2CC2)O1. The highest BCUT2D eigenvalue weighted by atomic mass is 79.9. The van der Waals surface area contributed by atoms with Crippen molar-refractivity contribution in [2.24, 2.45) is 5.92 Å². The average molecular weight is 298 g/mol. The molecule has 4 nitrogen and oxygen atoms in total. The lowest BCUT2D eigenvalue weighted by atomic mass is 10.1. The van der Waals surface area contributed by atoms with Crippen molar-refractivity contribution >= 4 is 21.7 Å². The molecule has 0 unspecified atom stereocenters. The standard InChI is InChI=1S/C12H16BrN3O/c1-8-6-16(7-10(17-8)9-2-3-9)12-5-14-11(13)4-15-12/h4-5,8-10H,2-3,6-7H2,1H3/t8-,10+/m1/s1. The van der Waals surface area contributed by atoms with E-state index in [1.165, 1.54) is 12.8 Å². The molecule has 2 atom stereocenters. The molecule has 2 heterocycles. The van der Waals surface area contributed by atoms with E-state index < -0.39 is 0 Å². The molecular weight excluding hydrogens is 282 g/mol. The average Bonchev–Trinajstić information content (AvgIpc) is 3.13. The van der Waals surface area contributed by atoms with Gasteiger partial charge >= 0.3 is 0 Å². The van der Waals surface area contributed by atoms with Gasteiger partial charge in [-0.05, 0) is 41.6 Å². The maximum atomic E-state index is 5.99. The highest BCUT2D eigenvalue weighted by Crippen LogP contribution is 2.37. The minimum atomic E-state index is 0.278. The number of aromatic nitrogens is 2. The number of morpholine rings is 1. The Kier molecular flexibility index (Phi) is 3.04. The topological polar surface area (TPSA) is 38.2 Å². The van der Waals surface area contributed by atoms with Crippen LogP contribution in [0, 0.1) is 5.92 Å². The predicted octanol–water partition coefficient (Wildman–Crippen LogP) is 2.24. The molecule has 1 aliphatic carbocycles. The quantitative estimate of drug-likeness (QED) is 0.839. The summed E-state index contributed by atoms with van der Waals surface area (Å²) in [6.07, 6.45) is 6.87. The van der Waals surface area contributed by atoms with Crippen molar-refractivity contribution in [1.29, 1.82) is 0 Å². The van der Waals surface area contributed by atoms with Crippen LogP contribution in [0.5, 0.6) is 0 Å². The van der Waals surface area contributed by atoms with Crippen LogP contribution in [0.25, 0.3) is 0 Å². The molecule has 0 bridgehead atoms. The van der Waals surface area contributed by atoms with Gasteiger partial charge in [-0.15, -0.1) is 0 Å². The number of hydrogen-bond donors (Lipinski definition) is 0. The number of hydrogen-bond acceptors (Lipinski definition) is 4. The Hall–Kier alpha value is -0.680. The van der Waals surface area contributed by atoms with E-state index in [1.807, 2.05) is 6.20 Å². The minimum absolute atomic E-state index is 0.278. The van der Waals surface area contributed by atoms with Crippen LogP contribution in [-0.4, -0.2) is 35.3 Å². The van der Waals surface area contributed by atoms with Gasteiger partial charge in [0.1, 0.15) is 10.4 Å². The van der Waals surface area contributed by atoms with Gasteiger partial charge in [-0.3, -0.25) is 0 Å². The lowest BCUT2D eigenvalue weighted by molar-refractivity contribution is -0.0273. The molecule has 1 saturated heterocycles. The van der Waals surface area contributed by atoms with Gasteiger partial charge in [-0.2, -0.15) is 0 Å². The van der Waals surface area contributed by atoms with E-state index in [1.54, 1.807) is 6.20 Å². The molecule has 2 aliphatic rings. The highest BCUT2D eigenvalue weighted by Gasteiger charge is 2.37. The first kappa shape index (κ1) is 11.4. The number of nitrogens with zero attached hydrogens (tertiary/aromatic N) is 3. The van der Waals surface area contributed by atoms with Gasteiger partial charge in [0.15, 0.2) is 0 Å². The summed E-state index contributed by atoms with van der Waals surface area (Å²) in [4.78, 5) is 10.9. The summed E-state index contributed by atoms with van der Waals surface area (Å²) >= 11 is 3.31. The molecule has 1 aliphatic heterocycles. The molecular formula is C12H16BrN3O. The molecule has 1 saturated carbocycles. The van der Waals surface area contributed by atoms with Crippen molar-refractivity contribution in [3.63, 3.8) is 0 Å². The van der Waals surface area contributed by atoms with Crippen LogP contribution in [0.1, 0.15) is 19.8 Å². The third kappa shape index (κ3) is 2.60. The van der Waals surface area contributed by atoms with E-state index in [-0.39, 0.29) is 6.10 Å². The molecule has 1 aromatic rings. The zero-order chi connectivity index (χ0) is 11.8. The van der Waals surface area contributed by atoms with Gasteiger partial charge in [-0.25, -0.2) is 9.97 Å². The fourth-order valence-corrected chi connectivity index (χ4v) is 2.58. The van der Waals surface area contributed by atoms with Gasteiger partial charge in [-0.1, -0.05) is 0 Å². The summed E-state index contributed by atoms with van der Waals surface area (Å²) in [6.45, 7) is 3.98. The van der Waals surface area contributed by atoms with Crippen LogP contribution in [0.3, 0.4) is 0 Å². The normalized spacial score (nSPS) is 29.4. The van der Waals surface area contributed by atoms with Crippen molar-refractivity contribution in [1.82, 2.24) is 9.97 Å². The zero-order valence-electron chi connectivity index (χ0n) is 9.84. The Bertz CT molecular complexity index is 393. The maximum Gasteiger partial charge on any atom is 0.147 e. The first-order valence-corrected chi connectivity index (χ1v) is 6.89. The number of ether oxygens (including phenoxy) is 1. The Morgan fingerprint density at radius 1 is 1.29 bits per heavy atom. The van der Waals surface area contributed by atoms with E-state index in [0.717, 1.165) is 29.4 Å². The smallest absolute Gasteiger partial charge is 0.147 e. The van der Waals surface area contributed by atoms with Gasteiger partial charge in [0.2, 0.25) is 0 Å². The maximum absolute atomic E-state index is 5.99. The van der Waals surface area contributed by atoms with Crippen LogP contribution in [0.2, 0.25) is 0 Å². The third-order valence-corrected chi connectivity index (χ3v) is 3.77. The van der Waals surface area contributed by atoms with Crippen molar-refractivity contribution in [3.05, 3.63) is 17.0 Å². The summed E-state index contributed by atoms with van der Waals surface area (Å²) in [5.74, 6) is 1.72. The van der Waals surface area contributed by atoms with Crippen LogP contribution in [-0.2, 0) is 4.74 Å². The molecule has 0 N–H and O–H groups in total. The predicted molar refractivity (Wildman–Crippen MR) is 69.0 cm³/mol. The van der Waals surface area contributed by atoms with Gasteiger partial charge in [0, 0.05) is 13.1 Å². The molecule has 0 radical (unpaired) electrons. The summed E-state index contributed by atoms with van der Waals surface area (Å²) in [5, 5.41) is 0. The first-order chi connectivity index (χ1) is 8.22. The fraction of sp³-hybridized carbons (Fsp3) is 0.667. The Morgan fingerprint density at radius 3 is 2.76 bits per heavy atom. The van der Waals surface area contributed by atoms with E-state index in [0.29, 0.717) is 6.10 Å². The van der Waals surface area contributed by atoms with E-state index in [4.69, 9.17) is 4.74 Å². The summed E-state index contributed by atoms with van der Waals surface area (Å²) in [6, 6.07) is 0. The van der Waals surface area contributed by atoms with Crippen LogP contribution < -0.4 is 4.90 Å². The largest absolute Gasteiger partial charge is 0.371 e. The van der Waals surface area contributed by atoms with Crippen molar-refractivity contribution in [2.45, 2.75) is 32.0 Å². The first-order valence-electron chi connectivity index (χ1n) is 6.10. The number of halogens is 1. The van der Waals surface area contributed by atoms with Gasteiger partial charge < -0.3 is 9.64 Å². The Labute approximate surface area is 110 Å². The number of rotatable bonds is 2. The second-order valence-corrected chi connectivity index (χ2v) is 5.74. The molecule has 2 fully saturated rings. The molecule has 0 amide bonds. The highest BCUT2D eigenvalue weighted by molar-refractivity contribution is 9.10. The zero-order valence-corrected chi connectivity index (χ0v) is 11.4. The molecule has 3 rings (SSSR count). The van der Waals surface area contributed by atoms with Crippen LogP contribution in [0.4, 0.5) is 5.82 Å². The molecule has 1 aromatic heterocycles. The third-order valence-electron chi connectivity index (χ3n) is 3.36. The second kappa shape index (κ2) is 4.53. The molecule has 0 aromatic carbocycles. The van der Waals surface area contributed by atoms with Gasteiger partial charge in [0.05, 0.1) is 24.6 Å². The van der Waals surface area contributed by atoms with E-state index >= 15 is 0 Å². The molecule has 5 heteroatoms. The lowest BCUT2D eigenvalue weighted by Crippen LogP contribution is -2.47. The summed E-state index contributed by atoms with van der Waals surface area (Å²) in [7, 11) is 0. The summed E-state index contributed by atoms with van der Waals surface area (Å²) < 4.78 is 6.77. The lowest BCUT2D eigenvalue weighted by Gasteiger charge is -2.37. The van der Waals surface area contributed by atoms with Crippen molar-refractivity contribution < 1.29 is 4.74 Å². The van der Waals surface area contributed by atoms with E-state index in [9.17, 15) is 0 Å². The Balaban J connectivity index is 1.75. The van der Waals surface area contributed by atoms with E-state index in [2.05, 4.69) is 37.7 Å². The fourth-order valence-electron chi connectivity index (χ4n) is 2.37. The molecule has 17 heavy (non-hydrogen) atoms. The molecule has 92 valence electrons.